The fraction of sp³-hybridized carbons (Fsp3) is 0.375. The number of hydrogen-bond donors (Lipinski definition) is 1. The lowest BCUT2D eigenvalue weighted by Gasteiger charge is -2.22. The number of pyridine rings is 2. The monoisotopic (exact) mass is 270 g/mol. The molecular formula is C16H22N4. The number of nitrogens with two attached hydrogens (primary N) is 1. The van der Waals surface area contributed by atoms with Crippen LogP contribution in [0.1, 0.15) is 30.9 Å². The van der Waals surface area contributed by atoms with Crippen LogP contribution in [0.15, 0.2) is 42.9 Å². The maximum Gasteiger partial charge on any atom is 0.127 e. The Morgan fingerprint density at radius 3 is 2.70 bits per heavy atom. The summed E-state index contributed by atoms with van der Waals surface area (Å²) in [6, 6.07) is 8.07. The summed E-state index contributed by atoms with van der Waals surface area (Å²) in [5, 5.41) is 0. The van der Waals surface area contributed by atoms with E-state index >= 15 is 0 Å². The van der Waals surface area contributed by atoms with E-state index in [-0.39, 0.29) is 0 Å². The van der Waals surface area contributed by atoms with Crippen molar-refractivity contribution < 1.29 is 0 Å². The van der Waals surface area contributed by atoms with Gasteiger partial charge >= 0.3 is 0 Å². The van der Waals surface area contributed by atoms with Gasteiger partial charge in [0.25, 0.3) is 0 Å². The smallest absolute Gasteiger partial charge is 0.127 e. The molecule has 0 unspecified atom stereocenters. The molecule has 2 N–H and O–H groups in total. The van der Waals surface area contributed by atoms with Crippen LogP contribution in [-0.4, -0.2) is 21.4 Å². The summed E-state index contributed by atoms with van der Waals surface area (Å²) >= 11 is 0. The van der Waals surface area contributed by atoms with Crippen molar-refractivity contribution in [2.75, 3.05) is 12.3 Å². The molecular weight excluding hydrogens is 248 g/mol. The van der Waals surface area contributed by atoms with Crippen molar-refractivity contribution in [3.63, 3.8) is 0 Å². The fourth-order valence-corrected chi connectivity index (χ4v) is 2.17. The van der Waals surface area contributed by atoms with Crippen LogP contribution >= 0.6 is 0 Å². The molecule has 0 bridgehead atoms. The van der Waals surface area contributed by atoms with Crippen LogP contribution in [0.25, 0.3) is 0 Å². The molecule has 0 atom stereocenters. The van der Waals surface area contributed by atoms with Crippen LogP contribution in [0, 0.1) is 0 Å². The molecule has 0 amide bonds. The highest BCUT2D eigenvalue weighted by Gasteiger charge is 2.09. The Labute approximate surface area is 120 Å². The third-order valence-corrected chi connectivity index (χ3v) is 3.28. The second kappa shape index (κ2) is 7.60. The minimum Gasteiger partial charge on any atom is -0.383 e. The molecule has 0 aliphatic heterocycles. The van der Waals surface area contributed by atoms with Crippen LogP contribution in [0.4, 0.5) is 5.82 Å². The van der Waals surface area contributed by atoms with Crippen molar-refractivity contribution in [1.29, 1.82) is 0 Å². The molecule has 4 nitrogen and oxygen atoms in total. The third kappa shape index (κ3) is 4.31. The second-order valence-corrected chi connectivity index (χ2v) is 4.97. The molecule has 2 heterocycles. The quantitative estimate of drug-likeness (QED) is 0.840. The van der Waals surface area contributed by atoms with E-state index in [1.807, 2.05) is 24.4 Å². The van der Waals surface area contributed by atoms with E-state index in [0.717, 1.165) is 25.2 Å². The zero-order chi connectivity index (χ0) is 14.2. The molecule has 0 aliphatic rings. The van der Waals surface area contributed by atoms with Gasteiger partial charge in [0.05, 0.1) is 0 Å². The first kappa shape index (κ1) is 14.5. The van der Waals surface area contributed by atoms with Crippen LogP contribution in [-0.2, 0) is 13.1 Å². The predicted octanol–water partition coefficient (Wildman–Crippen LogP) is 2.86. The maximum absolute atomic E-state index is 5.94. The first-order valence-corrected chi connectivity index (χ1v) is 7.10. The molecule has 0 spiro atoms. The highest BCUT2D eigenvalue weighted by Crippen LogP contribution is 2.14. The summed E-state index contributed by atoms with van der Waals surface area (Å²) in [6.07, 6.45) is 7.83. The number of anilines is 1. The lowest BCUT2D eigenvalue weighted by atomic mass is 10.2. The predicted molar refractivity (Wildman–Crippen MR) is 81.9 cm³/mol. The van der Waals surface area contributed by atoms with Crippen molar-refractivity contribution in [2.45, 2.75) is 32.9 Å². The fourth-order valence-electron chi connectivity index (χ4n) is 2.17. The summed E-state index contributed by atoms with van der Waals surface area (Å²) in [6.45, 7) is 4.98. The largest absolute Gasteiger partial charge is 0.383 e. The van der Waals surface area contributed by atoms with Gasteiger partial charge in [-0.15, -0.1) is 0 Å². The first-order valence-electron chi connectivity index (χ1n) is 7.10. The number of aromatic nitrogens is 2. The molecule has 106 valence electrons. The highest BCUT2D eigenvalue weighted by atomic mass is 15.1. The van der Waals surface area contributed by atoms with E-state index < -0.39 is 0 Å². The molecule has 0 radical (unpaired) electrons. The van der Waals surface area contributed by atoms with Crippen molar-refractivity contribution in [3.8, 4) is 0 Å². The Balaban J connectivity index is 2.05. The zero-order valence-corrected chi connectivity index (χ0v) is 12.0. The van der Waals surface area contributed by atoms with Crippen molar-refractivity contribution in [2.24, 2.45) is 0 Å². The molecule has 0 aliphatic carbocycles. The van der Waals surface area contributed by atoms with E-state index in [1.54, 1.807) is 12.4 Å². The lowest BCUT2D eigenvalue weighted by molar-refractivity contribution is 0.252. The van der Waals surface area contributed by atoms with Crippen molar-refractivity contribution in [1.82, 2.24) is 14.9 Å². The Bertz CT molecular complexity index is 513. The van der Waals surface area contributed by atoms with Gasteiger partial charge in [0.2, 0.25) is 0 Å². The summed E-state index contributed by atoms with van der Waals surface area (Å²) < 4.78 is 0. The number of hydrogen-bond acceptors (Lipinski definition) is 4. The van der Waals surface area contributed by atoms with Gasteiger partial charge in [0.1, 0.15) is 5.82 Å². The Hall–Kier alpha value is -1.94. The first-order chi connectivity index (χ1) is 9.79. The zero-order valence-electron chi connectivity index (χ0n) is 12.0. The molecule has 20 heavy (non-hydrogen) atoms. The van der Waals surface area contributed by atoms with E-state index in [1.165, 1.54) is 18.4 Å². The van der Waals surface area contributed by atoms with Gasteiger partial charge in [-0.1, -0.05) is 25.5 Å². The molecule has 2 aromatic heterocycles. The van der Waals surface area contributed by atoms with E-state index in [2.05, 4.69) is 27.9 Å². The van der Waals surface area contributed by atoms with E-state index in [9.17, 15) is 0 Å². The number of rotatable bonds is 7. The number of nitrogens with zero attached hydrogens (tertiary/aromatic N) is 3. The molecule has 0 saturated heterocycles. The minimum atomic E-state index is 0.625. The molecule has 2 rings (SSSR count). The number of nitrogen functional groups attached to an aromatic ring is 1. The molecule has 4 heteroatoms. The Morgan fingerprint density at radius 2 is 2.00 bits per heavy atom. The van der Waals surface area contributed by atoms with Crippen LogP contribution in [0.3, 0.4) is 0 Å². The summed E-state index contributed by atoms with van der Waals surface area (Å²) in [4.78, 5) is 10.7. The Morgan fingerprint density at radius 1 is 1.15 bits per heavy atom. The van der Waals surface area contributed by atoms with Crippen LogP contribution in [0.2, 0.25) is 0 Å². The lowest BCUT2D eigenvalue weighted by Crippen LogP contribution is -2.24. The maximum atomic E-state index is 5.94. The molecule has 0 fully saturated rings. The van der Waals surface area contributed by atoms with Gasteiger partial charge in [-0.2, -0.15) is 0 Å². The minimum absolute atomic E-state index is 0.625. The average Bonchev–Trinajstić information content (AvgIpc) is 2.48. The van der Waals surface area contributed by atoms with Gasteiger partial charge < -0.3 is 5.73 Å². The van der Waals surface area contributed by atoms with Gasteiger partial charge in [-0.25, -0.2) is 4.98 Å². The topological polar surface area (TPSA) is 55.0 Å². The van der Waals surface area contributed by atoms with Gasteiger partial charge in [-0.05, 0) is 30.7 Å². The Kier molecular flexibility index (Phi) is 5.50. The normalized spacial score (nSPS) is 10.9. The van der Waals surface area contributed by atoms with Crippen LogP contribution in [0.5, 0.6) is 0 Å². The third-order valence-electron chi connectivity index (χ3n) is 3.28. The van der Waals surface area contributed by atoms with Gasteiger partial charge in [0.15, 0.2) is 0 Å². The summed E-state index contributed by atoms with van der Waals surface area (Å²) in [7, 11) is 0. The van der Waals surface area contributed by atoms with Gasteiger partial charge in [-0.3, -0.25) is 9.88 Å². The van der Waals surface area contributed by atoms with Gasteiger partial charge in [0, 0.05) is 37.2 Å². The molecule has 0 saturated carbocycles. The van der Waals surface area contributed by atoms with Crippen molar-refractivity contribution in [3.05, 3.63) is 54.0 Å². The van der Waals surface area contributed by atoms with E-state index in [4.69, 9.17) is 5.73 Å². The average molecular weight is 270 g/mol. The SMILES string of the molecule is CCCCN(Cc1cccnc1)Cc1cccnc1N. The second-order valence-electron chi connectivity index (χ2n) is 4.97. The number of unbranched alkanes of at least 4 members (excludes halogenated alkanes) is 1. The van der Waals surface area contributed by atoms with E-state index in [0.29, 0.717) is 5.82 Å². The summed E-state index contributed by atoms with van der Waals surface area (Å²) in [5.41, 5.74) is 8.26. The molecule has 2 aromatic rings. The summed E-state index contributed by atoms with van der Waals surface area (Å²) in [5.74, 6) is 0.625. The molecule has 0 aromatic carbocycles. The highest BCUT2D eigenvalue weighted by molar-refractivity contribution is 5.38. The van der Waals surface area contributed by atoms with Crippen molar-refractivity contribution >= 4 is 5.82 Å². The van der Waals surface area contributed by atoms with Crippen LogP contribution < -0.4 is 5.73 Å². The standard InChI is InChI=1S/C16H22N4/c1-2-3-10-20(12-14-6-4-8-18-11-14)13-15-7-5-9-19-16(15)17/h4-9,11H,2-3,10,12-13H2,1H3,(H2,17,19).